The summed E-state index contributed by atoms with van der Waals surface area (Å²) in [6.45, 7) is 5.12. The number of benzene rings is 1. The van der Waals surface area contributed by atoms with E-state index in [-0.39, 0.29) is 30.9 Å². The second-order valence-corrected chi connectivity index (χ2v) is 5.47. The fourth-order valence-corrected chi connectivity index (χ4v) is 2.09. The van der Waals surface area contributed by atoms with Crippen LogP contribution in [0, 0.1) is 0 Å². The van der Waals surface area contributed by atoms with Gasteiger partial charge in [0.1, 0.15) is 0 Å². The van der Waals surface area contributed by atoms with E-state index in [1.165, 1.54) is 6.92 Å². The molecule has 0 aliphatic rings. The lowest BCUT2D eigenvalue weighted by molar-refractivity contribution is -0.148. The number of esters is 1. The third-order valence-electron chi connectivity index (χ3n) is 3.12. The molecule has 0 unspecified atom stereocenters. The van der Waals surface area contributed by atoms with Gasteiger partial charge in [-0.25, -0.2) is 0 Å². The van der Waals surface area contributed by atoms with Gasteiger partial charge in [0.2, 0.25) is 5.91 Å². The average molecular weight is 320 g/mol. The zero-order chi connectivity index (χ0) is 17.2. The molecule has 0 aliphatic heterocycles. The lowest BCUT2D eigenvalue weighted by atomic mass is 10.1. The molecule has 6 nitrogen and oxygen atoms in total. The van der Waals surface area contributed by atoms with Crippen molar-refractivity contribution in [2.24, 2.45) is 0 Å². The largest absolute Gasteiger partial charge is 0.455 e. The van der Waals surface area contributed by atoms with Gasteiger partial charge in [-0.3, -0.25) is 14.4 Å². The van der Waals surface area contributed by atoms with Crippen molar-refractivity contribution in [2.45, 2.75) is 46.1 Å². The Bertz CT molecular complexity index is 540. The fourth-order valence-electron chi connectivity index (χ4n) is 2.09. The van der Waals surface area contributed by atoms with Crippen LogP contribution in [0.1, 0.15) is 39.2 Å². The van der Waals surface area contributed by atoms with Crippen LogP contribution in [-0.4, -0.2) is 30.4 Å². The molecule has 6 heteroatoms. The predicted molar refractivity (Wildman–Crippen MR) is 87.9 cm³/mol. The summed E-state index contributed by atoms with van der Waals surface area (Å²) in [5, 5.41) is 5.42. The van der Waals surface area contributed by atoms with Crippen molar-refractivity contribution in [3.8, 4) is 0 Å². The maximum absolute atomic E-state index is 11.7. The highest BCUT2D eigenvalue weighted by Crippen LogP contribution is 2.10. The van der Waals surface area contributed by atoms with Gasteiger partial charge >= 0.3 is 5.97 Å². The van der Waals surface area contributed by atoms with Gasteiger partial charge in [0, 0.05) is 18.7 Å². The molecule has 1 atom stereocenters. The number of hydrogen-bond acceptors (Lipinski definition) is 4. The molecule has 0 saturated carbocycles. The summed E-state index contributed by atoms with van der Waals surface area (Å²) in [7, 11) is 0. The molecule has 1 rings (SSSR count). The first-order chi connectivity index (χ1) is 10.9. The van der Waals surface area contributed by atoms with Crippen LogP contribution in [0.2, 0.25) is 0 Å². The van der Waals surface area contributed by atoms with E-state index in [2.05, 4.69) is 10.6 Å². The van der Waals surface area contributed by atoms with Gasteiger partial charge in [-0.05, 0) is 31.0 Å². The van der Waals surface area contributed by atoms with Gasteiger partial charge in [-0.1, -0.05) is 25.5 Å². The van der Waals surface area contributed by atoms with Crippen molar-refractivity contribution >= 4 is 23.5 Å². The monoisotopic (exact) mass is 320 g/mol. The normalized spacial score (nSPS) is 11.4. The number of anilines is 1. The molecule has 0 bridgehead atoms. The summed E-state index contributed by atoms with van der Waals surface area (Å²) in [4.78, 5) is 34.2. The molecule has 0 heterocycles. The molecule has 0 saturated heterocycles. The highest BCUT2D eigenvalue weighted by atomic mass is 16.5. The predicted octanol–water partition coefficient (Wildman–Crippen LogP) is 2.04. The Morgan fingerprint density at radius 1 is 1.17 bits per heavy atom. The quantitative estimate of drug-likeness (QED) is 0.718. The molecule has 0 spiro atoms. The molecular weight excluding hydrogens is 296 g/mol. The van der Waals surface area contributed by atoms with E-state index >= 15 is 0 Å². The number of rotatable bonds is 8. The Morgan fingerprint density at radius 2 is 1.83 bits per heavy atom. The topological polar surface area (TPSA) is 84.5 Å². The molecule has 0 radical (unpaired) electrons. The summed E-state index contributed by atoms with van der Waals surface area (Å²) in [6.07, 6.45) is 1.95. The highest BCUT2D eigenvalue weighted by Gasteiger charge is 2.10. The van der Waals surface area contributed by atoms with Crippen LogP contribution in [0.4, 0.5) is 5.69 Å². The Labute approximate surface area is 136 Å². The SMILES string of the molecule is CCC[C@H](C)NC(=O)COC(=O)Cc1ccc(NC(C)=O)cc1. The summed E-state index contributed by atoms with van der Waals surface area (Å²) in [6, 6.07) is 6.96. The zero-order valence-electron chi connectivity index (χ0n) is 13.8. The number of ether oxygens (including phenoxy) is 1. The van der Waals surface area contributed by atoms with Crippen molar-refractivity contribution in [1.29, 1.82) is 0 Å². The van der Waals surface area contributed by atoms with Gasteiger partial charge in [0.05, 0.1) is 6.42 Å². The molecular formula is C17H24N2O4. The Kier molecular flexibility index (Phi) is 7.80. The summed E-state index contributed by atoms with van der Waals surface area (Å²) >= 11 is 0. The number of amides is 2. The van der Waals surface area contributed by atoms with Crippen molar-refractivity contribution in [1.82, 2.24) is 5.32 Å². The second kappa shape index (κ2) is 9.61. The standard InChI is InChI=1S/C17H24N2O4/c1-4-5-12(2)18-16(21)11-23-17(22)10-14-6-8-15(9-7-14)19-13(3)20/h6-9,12H,4-5,10-11H2,1-3H3,(H,18,21)(H,19,20)/t12-/m0/s1. The van der Waals surface area contributed by atoms with Gasteiger partial charge in [0.25, 0.3) is 5.91 Å². The smallest absolute Gasteiger partial charge is 0.310 e. The molecule has 126 valence electrons. The zero-order valence-corrected chi connectivity index (χ0v) is 13.8. The first-order valence-corrected chi connectivity index (χ1v) is 7.72. The van der Waals surface area contributed by atoms with Crippen LogP contribution in [0.25, 0.3) is 0 Å². The minimum Gasteiger partial charge on any atom is -0.455 e. The van der Waals surface area contributed by atoms with E-state index in [0.29, 0.717) is 5.69 Å². The minimum atomic E-state index is -0.462. The Hall–Kier alpha value is -2.37. The molecule has 1 aromatic rings. The van der Waals surface area contributed by atoms with Crippen LogP contribution in [0.3, 0.4) is 0 Å². The lowest BCUT2D eigenvalue weighted by Gasteiger charge is -2.12. The van der Waals surface area contributed by atoms with E-state index in [1.54, 1.807) is 24.3 Å². The average Bonchev–Trinajstić information content (AvgIpc) is 2.47. The third-order valence-corrected chi connectivity index (χ3v) is 3.12. The minimum absolute atomic E-state index is 0.0764. The molecule has 1 aromatic carbocycles. The fraction of sp³-hybridized carbons (Fsp3) is 0.471. The third kappa shape index (κ3) is 7.99. The molecule has 23 heavy (non-hydrogen) atoms. The van der Waals surface area contributed by atoms with E-state index in [1.807, 2.05) is 13.8 Å². The van der Waals surface area contributed by atoms with Crippen molar-refractivity contribution < 1.29 is 19.1 Å². The number of carbonyl (C=O) groups is 3. The van der Waals surface area contributed by atoms with E-state index in [4.69, 9.17) is 4.74 Å². The van der Waals surface area contributed by atoms with Crippen molar-refractivity contribution in [3.05, 3.63) is 29.8 Å². The first kappa shape index (κ1) is 18.7. The summed E-state index contributed by atoms with van der Waals surface area (Å²) in [5.74, 6) is -0.906. The van der Waals surface area contributed by atoms with Gasteiger partial charge in [0.15, 0.2) is 6.61 Å². The molecule has 0 aliphatic carbocycles. The lowest BCUT2D eigenvalue weighted by Crippen LogP contribution is -2.35. The van der Waals surface area contributed by atoms with Gasteiger partial charge in [-0.15, -0.1) is 0 Å². The van der Waals surface area contributed by atoms with Crippen LogP contribution in [0.5, 0.6) is 0 Å². The van der Waals surface area contributed by atoms with Crippen LogP contribution in [-0.2, 0) is 25.5 Å². The number of nitrogens with one attached hydrogen (secondary N) is 2. The molecule has 2 N–H and O–H groups in total. The Morgan fingerprint density at radius 3 is 2.39 bits per heavy atom. The van der Waals surface area contributed by atoms with E-state index in [9.17, 15) is 14.4 Å². The van der Waals surface area contributed by atoms with Crippen molar-refractivity contribution in [2.75, 3.05) is 11.9 Å². The van der Waals surface area contributed by atoms with Crippen LogP contribution < -0.4 is 10.6 Å². The van der Waals surface area contributed by atoms with E-state index in [0.717, 1.165) is 18.4 Å². The first-order valence-electron chi connectivity index (χ1n) is 7.72. The highest BCUT2D eigenvalue weighted by molar-refractivity contribution is 5.88. The Balaban J connectivity index is 2.36. The van der Waals surface area contributed by atoms with Crippen molar-refractivity contribution in [3.63, 3.8) is 0 Å². The number of carbonyl (C=O) groups excluding carboxylic acids is 3. The molecule has 0 aromatic heterocycles. The van der Waals surface area contributed by atoms with Gasteiger partial charge < -0.3 is 15.4 Å². The molecule has 0 fully saturated rings. The second-order valence-electron chi connectivity index (χ2n) is 5.47. The van der Waals surface area contributed by atoms with Crippen LogP contribution in [0.15, 0.2) is 24.3 Å². The van der Waals surface area contributed by atoms with Crippen LogP contribution >= 0.6 is 0 Å². The summed E-state index contributed by atoms with van der Waals surface area (Å²) < 4.78 is 4.96. The maximum Gasteiger partial charge on any atom is 0.310 e. The molecule has 2 amide bonds. The van der Waals surface area contributed by atoms with E-state index < -0.39 is 5.97 Å². The maximum atomic E-state index is 11.7. The summed E-state index contributed by atoms with van der Waals surface area (Å²) in [5.41, 5.74) is 1.42. The van der Waals surface area contributed by atoms with Gasteiger partial charge in [-0.2, -0.15) is 0 Å². The number of hydrogen-bond donors (Lipinski definition) is 2.